The molecule has 0 unspecified atom stereocenters. The number of aromatic nitrogens is 3. The van der Waals surface area contributed by atoms with Gasteiger partial charge in [0.05, 0.1) is 11.8 Å². The Morgan fingerprint density at radius 2 is 1.84 bits per heavy atom. The van der Waals surface area contributed by atoms with Crippen molar-refractivity contribution < 1.29 is 15.0 Å². The van der Waals surface area contributed by atoms with Crippen LogP contribution in [0.2, 0.25) is 5.02 Å². The lowest BCUT2D eigenvalue weighted by Crippen LogP contribution is -2.37. The molecule has 196 valence electrons. The largest absolute Gasteiger partial charge is 0.477 e. The Bertz CT molecular complexity index is 1260. The zero-order valence-corrected chi connectivity index (χ0v) is 22.4. The number of benzene rings is 1. The van der Waals surface area contributed by atoms with E-state index < -0.39 is 5.97 Å². The first-order chi connectivity index (χ1) is 17.9. The summed E-state index contributed by atoms with van der Waals surface area (Å²) in [7, 11) is 0. The summed E-state index contributed by atoms with van der Waals surface area (Å²) in [6, 6.07) is 7.95. The standard InChI is InChI=1S/C26H31ClN6O3S/c1-16-21(24(35)36)37-26(28-16)31-25-29-22-20(23(30-25)33-14-10-19(34)11-15-33)4-2-3-12-32(22)13-9-17-5-7-18(27)8-6-17/h5-8,19,34H,2-4,9-15H2,1H3,(H,35,36)(H,28,29,30,31). The number of aliphatic hydroxyl groups is 1. The van der Waals surface area contributed by atoms with Crippen LogP contribution in [0, 0.1) is 6.92 Å². The molecule has 2 aliphatic heterocycles. The van der Waals surface area contributed by atoms with Gasteiger partial charge in [0, 0.05) is 36.8 Å². The zero-order chi connectivity index (χ0) is 25.9. The number of hydrogen-bond donors (Lipinski definition) is 3. The van der Waals surface area contributed by atoms with Crippen molar-refractivity contribution in [2.45, 2.75) is 51.6 Å². The van der Waals surface area contributed by atoms with Gasteiger partial charge >= 0.3 is 5.97 Å². The molecule has 0 bridgehead atoms. The van der Waals surface area contributed by atoms with E-state index in [1.165, 1.54) is 5.56 Å². The summed E-state index contributed by atoms with van der Waals surface area (Å²) in [4.78, 5) is 30.6. The quantitative estimate of drug-likeness (QED) is 0.391. The second-order valence-corrected chi connectivity index (χ2v) is 11.0. The molecular weight excluding hydrogens is 512 g/mol. The summed E-state index contributed by atoms with van der Waals surface area (Å²) in [5.41, 5.74) is 2.81. The number of aryl methyl sites for hydroxylation is 1. The number of nitrogens with one attached hydrogen (secondary N) is 1. The maximum absolute atomic E-state index is 11.5. The van der Waals surface area contributed by atoms with Crippen molar-refractivity contribution in [2.75, 3.05) is 41.3 Å². The second-order valence-electron chi connectivity index (χ2n) is 9.58. The second kappa shape index (κ2) is 11.2. The zero-order valence-electron chi connectivity index (χ0n) is 20.8. The van der Waals surface area contributed by atoms with Crippen LogP contribution in [0.3, 0.4) is 0 Å². The van der Waals surface area contributed by atoms with Crippen molar-refractivity contribution in [3.63, 3.8) is 0 Å². The fourth-order valence-corrected chi connectivity index (χ4v) is 5.85. The van der Waals surface area contributed by atoms with E-state index in [0.717, 1.165) is 85.4 Å². The minimum atomic E-state index is -0.994. The van der Waals surface area contributed by atoms with Crippen LogP contribution < -0.4 is 15.1 Å². The molecule has 3 aromatic rings. The maximum Gasteiger partial charge on any atom is 0.347 e. The number of carboxylic acids is 1. The molecule has 11 heteroatoms. The highest BCUT2D eigenvalue weighted by Gasteiger charge is 2.27. The number of fused-ring (bicyclic) bond motifs is 1. The van der Waals surface area contributed by atoms with Crippen LogP contribution in [0.25, 0.3) is 0 Å². The highest BCUT2D eigenvalue weighted by molar-refractivity contribution is 7.17. The van der Waals surface area contributed by atoms with E-state index in [-0.39, 0.29) is 11.0 Å². The molecular formula is C26H31ClN6O3S. The summed E-state index contributed by atoms with van der Waals surface area (Å²) in [5.74, 6) is 1.22. The molecule has 2 aromatic heterocycles. The summed E-state index contributed by atoms with van der Waals surface area (Å²) >= 11 is 7.15. The number of halogens is 1. The lowest BCUT2D eigenvalue weighted by molar-refractivity contribution is 0.0701. The third-order valence-electron chi connectivity index (χ3n) is 6.93. The number of rotatable bonds is 7. The van der Waals surface area contributed by atoms with Gasteiger partial charge in [-0.1, -0.05) is 35.1 Å². The first kappa shape index (κ1) is 25.7. The van der Waals surface area contributed by atoms with Crippen LogP contribution in [0.5, 0.6) is 0 Å². The molecule has 0 radical (unpaired) electrons. The molecule has 4 heterocycles. The molecule has 2 aliphatic rings. The molecule has 9 nitrogen and oxygen atoms in total. The van der Waals surface area contributed by atoms with Crippen molar-refractivity contribution in [1.82, 2.24) is 15.0 Å². The Morgan fingerprint density at radius 1 is 1.11 bits per heavy atom. The molecule has 0 saturated carbocycles. The van der Waals surface area contributed by atoms with Crippen LogP contribution in [0.1, 0.15) is 52.2 Å². The smallest absolute Gasteiger partial charge is 0.347 e. The third kappa shape index (κ3) is 5.97. The van der Waals surface area contributed by atoms with Gasteiger partial charge in [-0.25, -0.2) is 9.78 Å². The van der Waals surface area contributed by atoms with Gasteiger partial charge in [0.15, 0.2) is 5.13 Å². The van der Waals surface area contributed by atoms with Crippen molar-refractivity contribution in [3.8, 4) is 0 Å². The summed E-state index contributed by atoms with van der Waals surface area (Å²) < 4.78 is 0. The number of carboxylic acid groups (broad SMARTS) is 1. The number of carbonyl (C=O) groups is 1. The van der Waals surface area contributed by atoms with Crippen molar-refractivity contribution in [2.24, 2.45) is 0 Å². The lowest BCUT2D eigenvalue weighted by atomic mass is 10.1. The number of aliphatic hydroxyl groups excluding tert-OH is 1. The molecule has 0 spiro atoms. The van der Waals surface area contributed by atoms with Gasteiger partial charge in [-0.05, 0) is 63.1 Å². The fraction of sp³-hybridized carbons (Fsp3) is 0.462. The molecule has 1 fully saturated rings. The van der Waals surface area contributed by atoms with Crippen LogP contribution in [-0.4, -0.2) is 63.4 Å². The van der Waals surface area contributed by atoms with E-state index in [0.29, 0.717) is 29.6 Å². The van der Waals surface area contributed by atoms with Crippen molar-refractivity contribution in [3.05, 3.63) is 51.0 Å². The number of aromatic carboxylic acids is 1. The van der Waals surface area contributed by atoms with E-state index in [1.54, 1.807) is 6.92 Å². The predicted octanol–water partition coefficient (Wildman–Crippen LogP) is 4.68. The minimum Gasteiger partial charge on any atom is -0.477 e. The van der Waals surface area contributed by atoms with Crippen LogP contribution >= 0.6 is 22.9 Å². The van der Waals surface area contributed by atoms with E-state index in [2.05, 4.69) is 32.2 Å². The van der Waals surface area contributed by atoms with E-state index >= 15 is 0 Å². The number of nitrogens with zero attached hydrogens (tertiary/aromatic N) is 5. The Labute approximate surface area is 225 Å². The Hall–Kier alpha value is -2.95. The number of piperidine rings is 1. The summed E-state index contributed by atoms with van der Waals surface area (Å²) in [6.07, 6.45) is 5.00. The predicted molar refractivity (Wildman–Crippen MR) is 147 cm³/mol. The average molecular weight is 543 g/mol. The maximum atomic E-state index is 11.5. The first-order valence-electron chi connectivity index (χ1n) is 12.7. The van der Waals surface area contributed by atoms with E-state index in [1.807, 2.05) is 12.1 Å². The summed E-state index contributed by atoms with van der Waals surface area (Å²) in [6.45, 7) is 4.85. The fourth-order valence-electron chi connectivity index (χ4n) is 4.93. The number of hydrogen-bond acceptors (Lipinski definition) is 9. The van der Waals surface area contributed by atoms with Gasteiger partial charge < -0.3 is 20.0 Å². The van der Waals surface area contributed by atoms with Gasteiger partial charge in [0.2, 0.25) is 5.95 Å². The molecule has 5 rings (SSSR count). The number of anilines is 4. The normalized spacial score (nSPS) is 16.4. The highest BCUT2D eigenvalue weighted by atomic mass is 35.5. The third-order valence-corrected chi connectivity index (χ3v) is 8.24. The Balaban J connectivity index is 1.49. The molecule has 0 amide bonds. The summed E-state index contributed by atoms with van der Waals surface area (Å²) in [5, 5.41) is 23.9. The topological polar surface area (TPSA) is 115 Å². The SMILES string of the molecule is Cc1nc(Nc2nc3c(c(N4CCC(O)CC4)n2)CCCCN3CCc2ccc(Cl)cc2)sc1C(=O)O. The molecule has 0 aliphatic carbocycles. The van der Waals surface area contributed by atoms with Crippen LogP contribution in [-0.2, 0) is 12.8 Å². The molecule has 3 N–H and O–H groups in total. The minimum absolute atomic E-state index is 0.201. The molecule has 1 aromatic carbocycles. The molecule has 1 saturated heterocycles. The lowest BCUT2D eigenvalue weighted by Gasteiger charge is -2.33. The Morgan fingerprint density at radius 3 is 2.54 bits per heavy atom. The molecule has 37 heavy (non-hydrogen) atoms. The highest BCUT2D eigenvalue weighted by Crippen LogP contribution is 2.35. The Kier molecular flexibility index (Phi) is 7.78. The van der Waals surface area contributed by atoms with Gasteiger partial charge in [0.1, 0.15) is 16.5 Å². The first-order valence-corrected chi connectivity index (χ1v) is 13.9. The van der Waals surface area contributed by atoms with Gasteiger partial charge in [-0.15, -0.1) is 0 Å². The van der Waals surface area contributed by atoms with Crippen molar-refractivity contribution >= 4 is 51.6 Å². The van der Waals surface area contributed by atoms with Gasteiger partial charge in [0.25, 0.3) is 0 Å². The van der Waals surface area contributed by atoms with E-state index in [9.17, 15) is 15.0 Å². The van der Waals surface area contributed by atoms with Gasteiger partial charge in [-0.3, -0.25) is 5.32 Å². The van der Waals surface area contributed by atoms with Gasteiger partial charge in [-0.2, -0.15) is 9.97 Å². The molecule has 0 atom stereocenters. The van der Waals surface area contributed by atoms with Crippen LogP contribution in [0.4, 0.5) is 22.7 Å². The van der Waals surface area contributed by atoms with Crippen LogP contribution in [0.15, 0.2) is 24.3 Å². The monoisotopic (exact) mass is 542 g/mol. The number of thiazole rings is 1. The average Bonchev–Trinajstić information content (AvgIpc) is 3.12. The van der Waals surface area contributed by atoms with Crippen molar-refractivity contribution in [1.29, 1.82) is 0 Å². The van der Waals surface area contributed by atoms with E-state index in [4.69, 9.17) is 21.6 Å².